The molecule has 1 unspecified atom stereocenters. The molecule has 9 heteroatoms. The minimum absolute atomic E-state index is 0.282. The van der Waals surface area contributed by atoms with Gasteiger partial charge in [0.05, 0.1) is 19.1 Å². The molecular formula is C22H21FN6O2. The quantitative estimate of drug-likeness (QED) is 0.548. The molecule has 4 heterocycles. The molecule has 0 aliphatic carbocycles. The maximum atomic E-state index is 13.9. The molecule has 1 N–H and O–H groups in total. The van der Waals surface area contributed by atoms with E-state index in [1.807, 2.05) is 47.6 Å². The van der Waals surface area contributed by atoms with Gasteiger partial charge in [-0.3, -0.25) is 9.83 Å². The molecule has 0 bridgehead atoms. The SMILES string of the molecule is COc1nc(C2=NC(c3cn(C)c4ccc(F)cc34)CON2)ccc1-n1cnc(C)c1. The molecule has 1 aliphatic rings. The van der Waals surface area contributed by atoms with Gasteiger partial charge in [0.2, 0.25) is 5.88 Å². The summed E-state index contributed by atoms with van der Waals surface area (Å²) in [4.78, 5) is 19.3. The Labute approximate surface area is 177 Å². The molecule has 158 valence electrons. The van der Waals surface area contributed by atoms with E-state index in [4.69, 9.17) is 14.6 Å². The summed E-state index contributed by atoms with van der Waals surface area (Å²) in [5, 5.41) is 0.817. The minimum Gasteiger partial charge on any atom is -0.479 e. The van der Waals surface area contributed by atoms with Crippen molar-refractivity contribution in [1.29, 1.82) is 0 Å². The van der Waals surface area contributed by atoms with Crippen LogP contribution in [0.4, 0.5) is 4.39 Å². The Balaban J connectivity index is 1.53. The fraction of sp³-hybridized carbons (Fsp3) is 0.227. The third kappa shape index (κ3) is 3.42. The van der Waals surface area contributed by atoms with Crippen LogP contribution in [0.25, 0.3) is 16.6 Å². The van der Waals surface area contributed by atoms with E-state index >= 15 is 0 Å². The van der Waals surface area contributed by atoms with Gasteiger partial charge in [-0.1, -0.05) is 0 Å². The van der Waals surface area contributed by atoms with Crippen LogP contribution >= 0.6 is 0 Å². The number of aliphatic imine (C=N–C) groups is 1. The molecule has 8 nitrogen and oxygen atoms in total. The number of aryl methyl sites for hydroxylation is 2. The van der Waals surface area contributed by atoms with E-state index in [0.717, 1.165) is 27.8 Å². The highest BCUT2D eigenvalue weighted by Crippen LogP contribution is 2.31. The van der Waals surface area contributed by atoms with Crippen LogP contribution in [0.3, 0.4) is 0 Å². The summed E-state index contributed by atoms with van der Waals surface area (Å²) in [6.07, 6.45) is 5.57. The number of hydrogen-bond acceptors (Lipinski definition) is 6. The number of imidazole rings is 1. The Morgan fingerprint density at radius 1 is 1.23 bits per heavy atom. The number of fused-ring (bicyclic) bond motifs is 1. The molecule has 0 saturated carbocycles. The number of rotatable bonds is 4. The maximum absolute atomic E-state index is 13.9. The molecule has 0 amide bonds. The molecule has 1 aromatic carbocycles. The van der Waals surface area contributed by atoms with Crippen molar-refractivity contribution in [3.05, 3.63) is 71.8 Å². The normalized spacial score (nSPS) is 16.3. The first-order valence-corrected chi connectivity index (χ1v) is 9.80. The second-order valence-corrected chi connectivity index (χ2v) is 7.41. The number of halogens is 1. The highest BCUT2D eigenvalue weighted by atomic mass is 19.1. The van der Waals surface area contributed by atoms with Crippen LogP contribution in [0.15, 0.2) is 54.0 Å². The van der Waals surface area contributed by atoms with Gasteiger partial charge >= 0.3 is 0 Å². The van der Waals surface area contributed by atoms with Crippen molar-refractivity contribution >= 4 is 16.7 Å². The predicted molar refractivity (Wildman–Crippen MR) is 114 cm³/mol. The predicted octanol–water partition coefficient (Wildman–Crippen LogP) is 3.24. The van der Waals surface area contributed by atoms with E-state index < -0.39 is 0 Å². The van der Waals surface area contributed by atoms with Crippen LogP contribution in [0, 0.1) is 12.7 Å². The topological polar surface area (TPSA) is 78.5 Å². The number of hydrogen-bond donors (Lipinski definition) is 1. The van der Waals surface area contributed by atoms with Crippen molar-refractivity contribution in [3.63, 3.8) is 0 Å². The monoisotopic (exact) mass is 420 g/mol. The van der Waals surface area contributed by atoms with Gasteiger partial charge in [-0.25, -0.2) is 19.8 Å². The summed E-state index contributed by atoms with van der Waals surface area (Å²) < 4.78 is 23.2. The number of hydroxylamine groups is 1. The third-order valence-corrected chi connectivity index (χ3v) is 5.30. The summed E-state index contributed by atoms with van der Waals surface area (Å²) in [5.74, 6) is 0.640. The average Bonchev–Trinajstić information content (AvgIpc) is 3.36. The van der Waals surface area contributed by atoms with E-state index in [1.165, 1.54) is 12.1 Å². The van der Waals surface area contributed by atoms with Gasteiger partial charge in [0.15, 0.2) is 5.84 Å². The Bertz CT molecular complexity index is 1310. The molecule has 31 heavy (non-hydrogen) atoms. The summed E-state index contributed by atoms with van der Waals surface area (Å²) in [7, 11) is 3.50. The number of aromatic nitrogens is 4. The van der Waals surface area contributed by atoms with Crippen LogP contribution in [0.5, 0.6) is 5.88 Å². The second kappa shape index (κ2) is 7.51. The van der Waals surface area contributed by atoms with Gasteiger partial charge in [-0.15, -0.1) is 0 Å². The summed E-state index contributed by atoms with van der Waals surface area (Å²) in [6.45, 7) is 2.24. The molecule has 1 aliphatic heterocycles. The summed E-state index contributed by atoms with van der Waals surface area (Å²) in [6, 6.07) is 8.19. The first kappa shape index (κ1) is 19.3. The number of amidine groups is 1. The third-order valence-electron chi connectivity index (χ3n) is 5.30. The largest absolute Gasteiger partial charge is 0.479 e. The van der Waals surface area contributed by atoms with E-state index in [-0.39, 0.29) is 11.9 Å². The zero-order valence-electron chi connectivity index (χ0n) is 17.3. The Hall–Kier alpha value is -3.72. The van der Waals surface area contributed by atoms with Gasteiger partial charge in [0, 0.05) is 35.9 Å². The zero-order valence-corrected chi connectivity index (χ0v) is 17.3. The Morgan fingerprint density at radius 3 is 2.87 bits per heavy atom. The lowest BCUT2D eigenvalue weighted by atomic mass is 10.1. The van der Waals surface area contributed by atoms with Crippen molar-refractivity contribution in [2.45, 2.75) is 13.0 Å². The van der Waals surface area contributed by atoms with Crippen molar-refractivity contribution in [1.82, 2.24) is 24.6 Å². The number of nitrogens with zero attached hydrogens (tertiary/aromatic N) is 5. The molecule has 0 fully saturated rings. The van der Waals surface area contributed by atoms with E-state index in [2.05, 4.69) is 15.4 Å². The lowest BCUT2D eigenvalue weighted by Crippen LogP contribution is -2.33. The van der Waals surface area contributed by atoms with Gasteiger partial charge in [-0.05, 0) is 37.3 Å². The highest BCUT2D eigenvalue weighted by Gasteiger charge is 2.23. The van der Waals surface area contributed by atoms with E-state index in [0.29, 0.717) is 24.0 Å². The number of nitrogens with one attached hydrogen (secondary N) is 1. The first-order valence-electron chi connectivity index (χ1n) is 9.80. The molecule has 3 aromatic heterocycles. The molecule has 1 atom stereocenters. The van der Waals surface area contributed by atoms with E-state index in [1.54, 1.807) is 19.5 Å². The first-order chi connectivity index (χ1) is 15.0. The van der Waals surface area contributed by atoms with Crippen LogP contribution in [0.1, 0.15) is 23.0 Å². The average molecular weight is 420 g/mol. The molecule has 0 spiro atoms. The highest BCUT2D eigenvalue weighted by molar-refractivity contribution is 5.97. The molecule has 4 aromatic rings. The number of methoxy groups -OCH3 is 1. The number of benzene rings is 1. The van der Waals surface area contributed by atoms with Crippen LogP contribution in [-0.4, -0.2) is 38.7 Å². The number of ether oxygens (including phenoxy) is 1. The fourth-order valence-corrected chi connectivity index (χ4v) is 3.81. The smallest absolute Gasteiger partial charge is 0.238 e. The maximum Gasteiger partial charge on any atom is 0.238 e. The molecule has 0 radical (unpaired) electrons. The van der Waals surface area contributed by atoms with Crippen molar-refractivity contribution in [2.75, 3.05) is 13.7 Å². The van der Waals surface area contributed by atoms with Crippen molar-refractivity contribution < 1.29 is 14.0 Å². The minimum atomic E-state index is -0.300. The van der Waals surface area contributed by atoms with E-state index in [9.17, 15) is 4.39 Å². The lowest BCUT2D eigenvalue weighted by molar-refractivity contribution is 0.0623. The summed E-state index contributed by atoms with van der Waals surface area (Å²) >= 11 is 0. The molecular weight excluding hydrogens is 399 g/mol. The van der Waals surface area contributed by atoms with Gasteiger partial charge in [-0.2, -0.15) is 0 Å². The van der Waals surface area contributed by atoms with Gasteiger partial charge in [0.25, 0.3) is 0 Å². The van der Waals surface area contributed by atoms with Gasteiger partial charge < -0.3 is 13.9 Å². The van der Waals surface area contributed by atoms with Crippen molar-refractivity contribution in [2.24, 2.45) is 12.0 Å². The molecule has 5 rings (SSSR count). The van der Waals surface area contributed by atoms with Gasteiger partial charge in [0.1, 0.15) is 29.8 Å². The second-order valence-electron chi connectivity index (χ2n) is 7.41. The standard InChI is InChI=1S/C22H21FN6O2/c1-13-9-29(12-24-13)20-7-5-17(26-22(20)30-3)21-25-18(11-31-27-21)16-10-28(2)19-6-4-14(23)8-15(16)19/h4-10,12,18H,11H2,1-3H3,(H,25,27). The Kier molecular flexibility index (Phi) is 4.67. The van der Waals surface area contributed by atoms with Crippen LogP contribution in [0.2, 0.25) is 0 Å². The van der Waals surface area contributed by atoms with Crippen molar-refractivity contribution in [3.8, 4) is 11.6 Å². The molecule has 0 saturated heterocycles. The Morgan fingerprint density at radius 2 is 2.10 bits per heavy atom. The number of pyridine rings is 1. The summed E-state index contributed by atoms with van der Waals surface area (Å²) in [5.41, 5.74) is 6.92. The van der Waals surface area contributed by atoms with Crippen LogP contribution < -0.4 is 10.2 Å². The fourth-order valence-electron chi connectivity index (χ4n) is 3.81. The lowest BCUT2D eigenvalue weighted by Gasteiger charge is -2.22. The van der Waals surface area contributed by atoms with Crippen LogP contribution in [-0.2, 0) is 11.9 Å². The zero-order chi connectivity index (χ0) is 21.5.